The number of anilines is 1. The second-order valence-corrected chi connectivity index (χ2v) is 8.28. The van der Waals surface area contributed by atoms with Gasteiger partial charge in [-0.25, -0.2) is 9.97 Å². The summed E-state index contributed by atoms with van der Waals surface area (Å²) >= 11 is 6.09. The zero-order valence-corrected chi connectivity index (χ0v) is 19.3. The lowest BCUT2D eigenvalue weighted by Crippen LogP contribution is -2.31. The van der Waals surface area contributed by atoms with Crippen LogP contribution in [0.1, 0.15) is 47.7 Å². The van der Waals surface area contributed by atoms with Gasteiger partial charge in [0.15, 0.2) is 5.82 Å². The number of hydrogen-bond donors (Lipinski definition) is 0. The summed E-state index contributed by atoms with van der Waals surface area (Å²) in [6.07, 6.45) is 1.74. The fraction of sp³-hybridized carbons (Fsp3) is 0.455. The molecule has 0 radical (unpaired) electrons. The molecule has 1 aromatic heterocycles. The summed E-state index contributed by atoms with van der Waals surface area (Å²) in [4.78, 5) is 39.8. The largest absolute Gasteiger partial charge is 0.496 e. The third-order valence-electron chi connectivity index (χ3n) is 5.33. The Bertz CT molecular complexity index is 982. The molecule has 1 aliphatic rings. The van der Waals surface area contributed by atoms with E-state index in [1.807, 2.05) is 30.0 Å². The highest BCUT2D eigenvalue weighted by Crippen LogP contribution is 2.31. The molecule has 2 amide bonds. The first-order valence-corrected chi connectivity index (χ1v) is 10.5. The molecule has 3 rings (SSSR count). The smallest absolute Gasteiger partial charge is 0.257 e. The molecule has 1 aromatic carbocycles. The van der Waals surface area contributed by atoms with Crippen LogP contribution in [0.4, 0.5) is 5.82 Å². The summed E-state index contributed by atoms with van der Waals surface area (Å²) in [7, 11) is 7.03. The first-order valence-electron chi connectivity index (χ1n) is 10.1. The van der Waals surface area contributed by atoms with Gasteiger partial charge in [0.2, 0.25) is 5.91 Å². The molecule has 1 atom stereocenters. The number of rotatable bonds is 6. The fourth-order valence-corrected chi connectivity index (χ4v) is 3.91. The predicted molar refractivity (Wildman–Crippen MR) is 120 cm³/mol. The standard InChI is InChI=1S/C22H28ClN5O3/c1-14(29)28-10-6-7-18(28)21-24-16(12-20(25-21)26(2)3)13-27(4)22(30)17-11-15(23)8-9-19(17)31-5/h8-9,11-12,18H,6-7,10,13H2,1-5H3. The molecule has 31 heavy (non-hydrogen) atoms. The average molecular weight is 446 g/mol. The molecule has 1 fully saturated rings. The molecular formula is C22H28ClN5O3. The fourth-order valence-electron chi connectivity index (χ4n) is 3.74. The van der Waals surface area contributed by atoms with Crippen LogP contribution in [0, 0.1) is 0 Å². The highest BCUT2D eigenvalue weighted by atomic mass is 35.5. The molecular weight excluding hydrogens is 418 g/mol. The van der Waals surface area contributed by atoms with Crippen LogP contribution in [0.2, 0.25) is 5.02 Å². The second-order valence-electron chi connectivity index (χ2n) is 7.85. The summed E-state index contributed by atoms with van der Waals surface area (Å²) in [6.45, 7) is 2.55. The van der Waals surface area contributed by atoms with E-state index in [9.17, 15) is 9.59 Å². The average Bonchev–Trinajstić information content (AvgIpc) is 3.23. The van der Waals surface area contributed by atoms with Crippen molar-refractivity contribution in [2.45, 2.75) is 32.4 Å². The predicted octanol–water partition coefficient (Wildman–Crippen LogP) is 3.16. The first kappa shape index (κ1) is 22.8. The van der Waals surface area contributed by atoms with E-state index in [0.29, 0.717) is 34.4 Å². The molecule has 9 heteroatoms. The monoisotopic (exact) mass is 445 g/mol. The van der Waals surface area contributed by atoms with E-state index < -0.39 is 0 Å². The van der Waals surface area contributed by atoms with Gasteiger partial charge in [-0.15, -0.1) is 0 Å². The number of benzene rings is 1. The third-order valence-corrected chi connectivity index (χ3v) is 5.57. The van der Waals surface area contributed by atoms with Crippen LogP contribution in [0.15, 0.2) is 24.3 Å². The Hall–Kier alpha value is -2.87. The van der Waals surface area contributed by atoms with Crippen LogP contribution >= 0.6 is 11.6 Å². The Morgan fingerprint density at radius 2 is 1.97 bits per heavy atom. The first-order chi connectivity index (χ1) is 14.7. The maximum Gasteiger partial charge on any atom is 0.257 e. The zero-order chi connectivity index (χ0) is 22.7. The quantitative estimate of drug-likeness (QED) is 0.679. The van der Waals surface area contributed by atoms with Crippen LogP contribution in [0.5, 0.6) is 5.75 Å². The SMILES string of the molecule is COc1ccc(Cl)cc1C(=O)N(C)Cc1cc(N(C)C)nc(C2CCCN2C(C)=O)n1. The number of carbonyl (C=O) groups is 2. The van der Waals surface area contributed by atoms with Crippen LogP contribution in [-0.2, 0) is 11.3 Å². The number of methoxy groups -OCH3 is 1. The number of halogens is 1. The molecule has 8 nitrogen and oxygen atoms in total. The minimum Gasteiger partial charge on any atom is -0.496 e. The maximum atomic E-state index is 13.1. The number of amides is 2. The molecule has 166 valence electrons. The summed E-state index contributed by atoms with van der Waals surface area (Å²) in [5.41, 5.74) is 1.08. The van der Waals surface area contributed by atoms with E-state index in [-0.39, 0.29) is 24.4 Å². The molecule has 0 bridgehead atoms. The van der Waals surface area contributed by atoms with Crippen LogP contribution in [0.3, 0.4) is 0 Å². The lowest BCUT2D eigenvalue weighted by molar-refractivity contribution is -0.129. The van der Waals surface area contributed by atoms with Crippen molar-refractivity contribution >= 4 is 29.2 Å². The van der Waals surface area contributed by atoms with E-state index in [1.54, 1.807) is 37.1 Å². The minimum atomic E-state index is -0.225. The van der Waals surface area contributed by atoms with Crippen molar-refractivity contribution in [2.24, 2.45) is 0 Å². The van der Waals surface area contributed by atoms with Gasteiger partial charge < -0.3 is 19.4 Å². The van der Waals surface area contributed by atoms with Gasteiger partial charge in [0.1, 0.15) is 11.6 Å². The third kappa shape index (κ3) is 5.07. The number of hydrogen-bond acceptors (Lipinski definition) is 6. The van der Waals surface area contributed by atoms with E-state index in [0.717, 1.165) is 18.7 Å². The Balaban J connectivity index is 1.90. The Labute approximate surface area is 187 Å². The number of ether oxygens (including phenoxy) is 1. The topological polar surface area (TPSA) is 78.9 Å². The molecule has 1 unspecified atom stereocenters. The van der Waals surface area contributed by atoms with Gasteiger partial charge in [-0.2, -0.15) is 0 Å². The second kappa shape index (κ2) is 9.51. The van der Waals surface area contributed by atoms with Crippen molar-refractivity contribution in [1.82, 2.24) is 19.8 Å². The van der Waals surface area contributed by atoms with Gasteiger partial charge in [-0.3, -0.25) is 9.59 Å². The minimum absolute atomic E-state index is 0.0169. The summed E-state index contributed by atoms with van der Waals surface area (Å²) in [5, 5.41) is 0.460. The molecule has 0 spiro atoms. The normalized spacial score (nSPS) is 15.7. The summed E-state index contributed by atoms with van der Waals surface area (Å²) < 4.78 is 5.32. The van der Waals surface area contributed by atoms with Crippen molar-refractivity contribution in [3.8, 4) is 5.75 Å². The molecule has 1 saturated heterocycles. The van der Waals surface area contributed by atoms with Crippen LogP contribution in [0.25, 0.3) is 0 Å². The van der Waals surface area contributed by atoms with Gasteiger partial charge >= 0.3 is 0 Å². The number of aromatic nitrogens is 2. The van der Waals surface area contributed by atoms with Crippen molar-refractivity contribution in [1.29, 1.82) is 0 Å². The molecule has 0 N–H and O–H groups in total. The number of likely N-dealkylation sites (tertiary alicyclic amines) is 1. The Morgan fingerprint density at radius 3 is 2.61 bits per heavy atom. The highest BCUT2D eigenvalue weighted by Gasteiger charge is 2.31. The van der Waals surface area contributed by atoms with E-state index in [2.05, 4.69) is 4.98 Å². The lowest BCUT2D eigenvalue weighted by Gasteiger charge is -2.25. The zero-order valence-electron chi connectivity index (χ0n) is 18.6. The van der Waals surface area contributed by atoms with Gasteiger partial charge in [0.25, 0.3) is 5.91 Å². The van der Waals surface area contributed by atoms with Gasteiger partial charge in [-0.05, 0) is 31.0 Å². The van der Waals surface area contributed by atoms with Crippen LogP contribution < -0.4 is 9.64 Å². The van der Waals surface area contributed by atoms with E-state index in [4.69, 9.17) is 21.3 Å². The van der Waals surface area contributed by atoms with Gasteiger partial charge in [0.05, 0.1) is 31.0 Å². The number of nitrogens with zero attached hydrogens (tertiary/aromatic N) is 5. The van der Waals surface area contributed by atoms with Crippen molar-refractivity contribution < 1.29 is 14.3 Å². The van der Waals surface area contributed by atoms with Crippen molar-refractivity contribution in [3.05, 3.63) is 46.4 Å². The Morgan fingerprint density at radius 1 is 1.23 bits per heavy atom. The molecule has 2 heterocycles. The van der Waals surface area contributed by atoms with Gasteiger partial charge in [0, 0.05) is 45.7 Å². The van der Waals surface area contributed by atoms with Gasteiger partial charge in [-0.1, -0.05) is 11.6 Å². The van der Waals surface area contributed by atoms with E-state index in [1.165, 1.54) is 7.11 Å². The Kier molecular flexibility index (Phi) is 7.00. The van der Waals surface area contributed by atoms with Crippen LogP contribution in [-0.4, -0.2) is 66.4 Å². The molecule has 2 aromatic rings. The highest BCUT2D eigenvalue weighted by molar-refractivity contribution is 6.31. The van der Waals surface area contributed by atoms with E-state index >= 15 is 0 Å². The summed E-state index contributed by atoms with van der Waals surface area (Å²) in [6, 6.07) is 6.66. The summed E-state index contributed by atoms with van der Waals surface area (Å²) in [5.74, 6) is 1.59. The van der Waals surface area contributed by atoms with Crippen molar-refractivity contribution in [2.75, 3.05) is 39.7 Å². The molecule has 1 aliphatic heterocycles. The lowest BCUT2D eigenvalue weighted by atomic mass is 10.1. The van der Waals surface area contributed by atoms with Crippen molar-refractivity contribution in [3.63, 3.8) is 0 Å². The maximum absolute atomic E-state index is 13.1. The molecule has 0 saturated carbocycles. The number of carbonyl (C=O) groups excluding carboxylic acids is 2. The molecule has 0 aliphatic carbocycles.